The molecule has 0 fully saturated rings. The molecule has 0 aliphatic rings. The first-order valence-electron chi connectivity index (χ1n) is 7.60. The van der Waals surface area contributed by atoms with Gasteiger partial charge in [0.2, 0.25) is 0 Å². The van der Waals surface area contributed by atoms with Crippen LogP contribution in [0.15, 0.2) is 60.9 Å². The third kappa shape index (κ3) is 2.80. The highest BCUT2D eigenvalue weighted by Gasteiger charge is 2.28. The first kappa shape index (κ1) is 15.2. The van der Waals surface area contributed by atoms with Gasteiger partial charge in [0.25, 0.3) is 22.8 Å². The number of methoxy groups -OCH3 is 1. The summed E-state index contributed by atoms with van der Waals surface area (Å²) in [6, 6.07) is 16.5. The maximum Gasteiger partial charge on any atom is 0.281 e. The van der Waals surface area contributed by atoms with Crippen molar-refractivity contribution in [2.75, 3.05) is 7.11 Å². The lowest BCUT2D eigenvalue weighted by atomic mass is 10.1. The van der Waals surface area contributed by atoms with Crippen LogP contribution in [-0.2, 0) is 21.1 Å². The molecule has 0 aliphatic carbocycles. The van der Waals surface area contributed by atoms with Crippen LogP contribution in [0.2, 0.25) is 0 Å². The van der Waals surface area contributed by atoms with E-state index in [2.05, 4.69) is 83.6 Å². The Morgan fingerprint density at radius 2 is 1.17 bits per heavy atom. The number of hydrogen-bond acceptors (Lipinski definition) is 1. The molecule has 0 atom stereocenters. The van der Waals surface area contributed by atoms with Gasteiger partial charge in [-0.3, -0.25) is 0 Å². The van der Waals surface area contributed by atoms with Crippen molar-refractivity contribution < 1.29 is 18.4 Å². The summed E-state index contributed by atoms with van der Waals surface area (Å²) in [4.78, 5) is 0. The van der Waals surface area contributed by atoms with Gasteiger partial charge in [-0.15, -0.1) is 0 Å². The van der Waals surface area contributed by atoms with Crippen molar-refractivity contribution >= 4 is 0 Å². The Bertz CT molecular complexity index is 792. The third-order valence-corrected chi connectivity index (χ3v) is 4.15. The lowest BCUT2D eigenvalue weighted by Crippen LogP contribution is -2.42. The van der Waals surface area contributed by atoms with E-state index in [-0.39, 0.29) is 0 Å². The summed E-state index contributed by atoms with van der Waals surface area (Å²) >= 11 is 0. The summed E-state index contributed by atoms with van der Waals surface area (Å²) in [5.74, 6) is 0.848. The average molecular weight is 308 g/mol. The zero-order chi connectivity index (χ0) is 16.4. The summed E-state index contributed by atoms with van der Waals surface area (Å²) in [6.45, 7) is 0. The van der Waals surface area contributed by atoms with Crippen molar-refractivity contribution in [3.05, 3.63) is 60.9 Å². The van der Waals surface area contributed by atoms with Gasteiger partial charge in [0.1, 0.15) is 26.9 Å². The van der Waals surface area contributed by atoms with E-state index in [0.29, 0.717) is 0 Å². The fraction of sp³-hybridized carbons (Fsp3) is 0.211. The molecule has 23 heavy (non-hydrogen) atoms. The van der Waals surface area contributed by atoms with Crippen LogP contribution in [0.1, 0.15) is 0 Å². The predicted molar refractivity (Wildman–Crippen MR) is 87.4 cm³/mol. The summed E-state index contributed by atoms with van der Waals surface area (Å²) in [5.41, 5.74) is 4.47. The summed E-state index contributed by atoms with van der Waals surface area (Å²) < 4.78 is 12.0. The topological polar surface area (TPSA) is 20.9 Å². The van der Waals surface area contributed by atoms with Crippen LogP contribution < -0.4 is 18.4 Å². The SMILES string of the molecule is COc1cc(-c2cccc[n+]2C)[n+](C)c(-c2cccc[n+]2C)c1. The second kappa shape index (κ2) is 6.16. The maximum absolute atomic E-state index is 5.54. The van der Waals surface area contributed by atoms with Crippen LogP contribution in [0.4, 0.5) is 0 Å². The van der Waals surface area contributed by atoms with E-state index in [9.17, 15) is 0 Å². The van der Waals surface area contributed by atoms with Crippen LogP contribution in [-0.4, -0.2) is 7.11 Å². The van der Waals surface area contributed by atoms with Crippen molar-refractivity contribution in [3.63, 3.8) is 0 Å². The van der Waals surface area contributed by atoms with E-state index in [4.69, 9.17) is 4.74 Å². The molecule has 0 amide bonds. The normalized spacial score (nSPS) is 10.6. The monoisotopic (exact) mass is 308 g/mol. The highest BCUT2D eigenvalue weighted by atomic mass is 16.5. The molecule has 0 bridgehead atoms. The number of aromatic nitrogens is 3. The van der Waals surface area contributed by atoms with Crippen molar-refractivity contribution in [2.45, 2.75) is 0 Å². The van der Waals surface area contributed by atoms with E-state index in [1.807, 2.05) is 12.1 Å². The fourth-order valence-corrected chi connectivity index (χ4v) is 2.82. The standard InChI is InChI=1S/C19H22N3O/c1-20-11-7-5-9-16(20)18-13-15(23-4)14-19(22(18)3)17-10-6-8-12-21(17)2/h5-14H,1-4H3/q+3. The molecule has 0 unspecified atom stereocenters. The van der Waals surface area contributed by atoms with Gasteiger partial charge in [-0.05, 0) is 12.1 Å². The molecular weight excluding hydrogens is 286 g/mol. The first-order valence-corrected chi connectivity index (χ1v) is 7.60. The van der Waals surface area contributed by atoms with Crippen molar-refractivity contribution in [3.8, 4) is 28.5 Å². The molecule has 0 saturated carbocycles. The summed E-state index contributed by atoms with van der Waals surface area (Å²) in [6.07, 6.45) is 4.11. The van der Waals surface area contributed by atoms with E-state index in [1.54, 1.807) is 7.11 Å². The lowest BCUT2D eigenvalue weighted by Gasteiger charge is -2.06. The fourth-order valence-electron chi connectivity index (χ4n) is 2.82. The number of rotatable bonds is 3. The van der Waals surface area contributed by atoms with Crippen LogP contribution in [0.5, 0.6) is 5.75 Å². The van der Waals surface area contributed by atoms with E-state index >= 15 is 0 Å². The Morgan fingerprint density at radius 3 is 1.57 bits per heavy atom. The van der Waals surface area contributed by atoms with Gasteiger partial charge in [-0.2, -0.15) is 13.7 Å². The van der Waals surface area contributed by atoms with Crippen molar-refractivity contribution in [2.24, 2.45) is 21.1 Å². The summed E-state index contributed by atoms with van der Waals surface area (Å²) in [7, 11) is 7.90. The Labute approximate surface area is 136 Å². The molecule has 3 aromatic rings. The van der Waals surface area contributed by atoms with E-state index in [1.165, 1.54) is 0 Å². The Balaban J connectivity index is 2.29. The number of pyridine rings is 3. The molecule has 4 heteroatoms. The number of ether oxygens (including phenoxy) is 1. The number of aryl methyl sites for hydroxylation is 2. The molecule has 0 N–H and O–H groups in total. The molecular formula is C19H22N3O+3. The summed E-state index contributed by atoms with van der Waals surface area (Å²) in [5, 5.41) is 0. The zero-order valence-corrected chi connectivity index (χ0v) is 14.0. The highest BCUT2D eigenvalue weighted by molar-refractivity contribution is 5.56. The number of hydrogen-bond donors (Lipinski definition) is 0. The van der Waals surface area contributed by atoms with Crippen LogP contribution in [0, 0.1) is 0 Å². The smallest absolute Gasteiger partial charge is 0.281 e. The molecule has 4 nitrogen and oxygen atoms in total. The average Bonchev–Trinajstić information content (AvgIpc) is 2.57. The molecule has 116 valence electrons. The van der Waals surface area contributed by atoms with Crippen molar-refractivity contribution in [1.29, 1.82) is 0 Å². The van der Waals surface area contributed by atoms with E-state index < -0.39 is 0 Å². The van der Waals surface area contributed by atoms with E-state index in [0.717, 1.165) is 28.5 Å². The number of nitrogens with zero attached hydrogens (tertiary/aromatic N) is 3. The second-order valence-corrected chi connectivity index (χ2v) is 5.62. The predicted octanol–water partition coefficient (Wildman–Crippen LogP) is 1.50. The molecule has 0 radical (unpaired) electrons. The van der Waals surface area contributed by atoms with Crippen LogP contribution in [0.25, 0.3) is 22.8 Å². The third-order valence-electron chi connectivity index (χ3n) is 4.15. The highest BCUT2D eigenvalue weighted by Crippen LogP contribution is 2.23. The Kier molecular flexibility index (Phi) is 4.06. The second-order valence-electron chi connectivity index (χ2n) is 5.62. The molecule has 3 rings (SSSR count). The molecule has 3 aromatic heterocycles. The maximum atomic E-state index is 5.54. The van der Waals surface area contributed by atoms with Gasteiger partial charge in [0.15, 0.2) is 12.4 Å². The van der Waals surface area contributed by atoms with Gasteiger partial charge < -0.3 is 4.74 Å². The molecule has 0 spiro atoms. The van der Waals surface area contributed by atoms with Gasteiger partial charge >= 0.3 is 0 Å². The minimum absolute atomic E-state index is 0.848. The van der Waals surface area contributed by atoms with Gasteiger partial charge in [0, 0.05) is 24.3 Å². The van der Waals surface area contributed by atoms with Crippen molar-refractivity contribution in [1.82, 2.24) is 0 Å². The zero-order valence-electron chi connectivity index (χ0n) is 14.0. The van der Waals surface area contributed by atoms with Gasteiger partial charge in [0.05, 0.1) is 19.2 Å². The Morgan fingerprint density at radius 1 is 0.696 bits per heavy atom. The minimum Gasteiger partial charge on any atom is -0.496 e. The molecule has 0 aromatic carbocycles. The lowest BCUT2D eigenvalue weighted by molar-refractivity contribution is -0.697. The molecule has 0 aliphatic heterocycles. The van der Waals surface area contributed by atoms with Crippen LogP contribution >= 0.6 is 0 Å². The largest absolute Gasteiger partial charge is 0.496 e. The first-order chi connectivity index (χ1) is 11.1. The van der Waals surface area contributed by atoms with Crippen LogP contribution in [0.3, 0.4) is 0 Å². The molecule has 0 saturated heterocycles. The molecule has 3 heterocycles. The van der Waals surface area contributed by atoms with Gasteiger partial charge in [-0.1, -0.05) is 0 Å². The minimum atomic E-state index is 0.848. The van der Waals surface area contributed by atoms with Gasteiger partial charge in [-0.25, -0.2) is 0 Å². The Hall–Kier alpha value is -2.75. The quantitative estimate of drug-likeness (QED) is 0.672.